The predicted octanol–water partition coefficient (Wildman–Crippen LogP) is 23.1. The van der Waals surface area contributed by atoms with Crippen molar-refractivity contribution in [3.8, 4) is 0 Å². The van der Waals surface area contributed by atoms with E-state index in [9.17, 15) is 14.4 Å². The highest BCUT2D eigenvalue weighted by molar-refractivity contribution is 5.71. The quantitative estimate of drug-likeness (QED) is 0.0261. The maximum Gasteiger partial charge on any atom is 0.306 e. The zero-order valence-corrected chi connectivity index (χ0v) is 51.5. The number of rotatable bonds is 62. The third-order valence-electron chi connectivity index (χ3n) is 15.0. The van der Waals surface area contributed by atoms with Crippen LogP contribution in [0.3, 0.4) is 0 Å². The summed E-state index contributed by atoms with van der Waals surface area (Å²) in [4.78, 5) is 38.4. The molecule has 0 aromatic heterocycles. The molecule has 0 aliphatic rings. The first kappa shape index (κ1) is 74.1. The molecule has 0 aromatic rings. The highest BCUT2D eigenvalue weighted by atomic mass is 16.6. The van der Waals surface area contributed by atoms with Crippen molar-refractivity contribution in [3.05, 3.63) is 60.8 Å². The summed E-state index contributed by atoms with van der Waals surface area (Å²) in [6.07, 6.45) is 83.8. The van der Waals surface area contributed by atoms with E-state index in [1.165, 1.54) is 231 Å². The highest BCUT2D eigenvalue weighted by Crippen LogP contribution is 2.17. The van der Waals surface area contributed by atoms with E-state index in [2.05, 4.69) is 81.5 Å². The molecule has 77 heavy (non-hydrogen) atoms. The summed E-state index contributed by atoms with van der Waals surface area (Å²) in [6.45, 7) is 6.57. The van der Waals surface area contributed by atoms with Crippen LogP contribution in [-0.4, -0.2) is 37.2 Å². The van der Waals surface area contributed by atoms with E-state index in [4.69, 9.17) is 14.2 Å². The van der Waals surface area contributed by atoms with Crippen molar-refractivity contribution in [1.82, 2.24) is 0 Å². The summed E-state index contributed by atoms with van der Waals surface area (Å²) in [6, 6.07) is 0. The van der Waals surface area contributed by atoms with Gasteiger partial charge in [0.1, 0.15) is 13.2 Å². The molecule has 6 nitrogen and oxygen atoms in total. The Morgan fingerprint density at radius 1 is 0.273 bits per heavy atom. The van der Waals surface area contributed by atoms with E-state index in [-0.39, 0.29) is 31.1 Å². The first-order valence-corrected chi connectivity index (χ1v) is 33.8. The van der Waals surface area contributed by atoms with E-state index in [1.807, 2.05) is 0 Å². The molecule has 0 fully saturated rings. The Morgan fingerprint density at radius 2 is 0.506 bits per heavy atom. The zero-order valence-electron chi connectivity index (χ0n) is 51.5. The van der Waals surface area contributed by atoms with Gasteiger partial charge in [0, 0.05) is 19.3 Å². The summed E-state index contributed by atoms with van der Waals surface area (Å²) in [5, 5.41) is 0. The first-order chi connectivity index (χ1) is 38.0. The number of carbonyl (C=O) groups excluding carboxylic acids is 3. The number of carbonyl (C=O) groups is 3. The molecule has 0 saturated carbocycles. The summed E-state index contributed by atoms with van der Waals surface area (Å²) in [5.41, 5.74) is 0. The standard InChI is InChI=1S/C71H128O6/c1-4-7-10-13-16-19-22-25-28-31-32-33-34-35-36-37-38-41-43-46-49-52-55-58-61-64-70(73)76-67-68(77-71(74)65-62-59-56-53-50-47-44-40-30-27-24-21-18-15-12-9-6-3)66-75-69(72)63-60-57-54-51-48-45-42-39-29-26-23-20-17-14-11-8-5-2/h9,12,18,21,26-27,29-32,68H,4-8,10-11,13-17,19-20,22-25,28,33-67H2,1-3H3/b12-9-,21-18-,29-26-,30-27-,32-31-. The largest absolute Gasteiger partial charge is 0.462 e. The average Bonchev–Trinajstić information content (AvgIpc) is 3.43. The van der Waals surface area contributed by atoms with Gasteiger partial charge in [-0.1, -0.05) is 293 Å². The molecule has 0 N–H and O–H groups in total. The number of hydrogen-bond donors (Lipinski definition) is 0. The minimum Gasteiger partial charge on any atom is -0.462 e. The second kappa shape index (κ2) is 65.6. The molecule has 6 heteroatoms. The lowest BCUT2D eigenvalue weighted by molar-refractivity contribution is -0.167. The molecule has 448 valence electrons. The van der Waals surface area contributed by atoms with Gasteiger partial charge < -0.3 is 14.2 Å². The highest BCUT2D eigenvalue weighted by Gasteiger charge is 2.19. The molecular formula is C71H128O6. The molecule has 0 saturated heterocycles. The van der Waals surface area contributed by atoms with Crippen LogP contribution in [0.4, 0.5) is 0 Å². The third-order valence-corrected chi connectivity index (χ3v) is 15.0. The summed E-state index contributed by atoms with van der Waals surface area (Å²) in [7, 11) is 0. The molecule has 0 aromatic carbocycles. The second-order valence-electron chi connectivity index (χ2n) is 22.7. The van der Waals surface area contributed by atoms with Gasteiger partial charge in [0.2, 0.25) is 0 Å². The molecule has 0 radical (unpaired) electrons. The van der Waals surface area contributed by atoms with Gasteiger partial charge in [0.15, 0.2) is 6.10 Å². The van der Waals surface area contributed by atoms with Crippen LogP contribution in [0.5, 0.6) is 0 Å². The summed E-state index contributed by atoms with van der Waals surface area (Å²) < 4.78 is 17.0. The van der Waals surface area contributed by atoms with E-state index in [1.54, 1.807) is 0 Å². The van der Waals surface area contributed by atoms with Gasteiger partial charge in [-0.2, -0.15) is 0 Å². The monoisotopic (exact) mass is 1080 g/mol. The van der Waals surface area contributed by atoms with Crippen LogP contribution < -0.4 is 0 Å². The lowest BCUT2D eigenvalue weighted by Crippen LogP contribution is -2.30. The second-order valence-corrected chi connectivity index (χ2v) is 22.7. The Labute approximate surface area is 479 Å². The van der Waals surface area contributed by atoms with Crippen molar-refractivity contribution >= 4 is 17.9 Å². The van der Waals surface area contributed by atoms with Gasteiger partial charge in [-0.3, -0.25) is 14.4 Å². The van der Waals surface area contributed by atoms with Gasteiger partial charge in [-0.05, 0) is 103 Å². The normalized spacial score (nSPS) is 12.4. The van der Waals surface area contributed by atoms with Crippen molar-refractivity contribution in [2.24, 2.45) is 0 Å². The first-order valence-electron chi connectivity index (χ1n) is 33.8. The lowest BCUT2D eigenvalue weighted by Gasteiger charge is -2.18. The number of allylic oxidation sites excluding steroid dienone is 10. The van der Waals surface area contributed by atoms with Gasteiger partial charge in [0.05, 0.1) is 0 Å². The Bertz CT molecular complexity index is 1380. The van der Waals surface area contributed by atoms with Crippen LogP contribution >= 0.6 is 0 Å². The van der Waals surface area contributed by atoms with Crippen molar-refractivity contribution in [2.75, 3.05) is 13.2 Å². The smallest absolute Gasteiger partial charge is 0.306 e. The fourth-order valence-electron chi connectivity index (χ4n) is 9.92. The van der Waals surface area contributed by atoms with Crippen LogP contribution in [0.2, 0.25) is 0 Å². The van der Waals surface area contributed by atoms with Crippen molar-refractivity contribution < 1.29 is 28.6 Å². The SMILES string of the molecule is CC/C=C\C/C=C\C/C=C\CCCCCCCCCC(=O)OC(COC(=O)CCCCCCCCC/C=C\CCCCCCCC)COC(=O)CCCCCCCCCCCCCCC/C=C\CCCCCCCCCC. The third kappa shape index (κ3) is 63.8. The summed E-state index contributed by atoms with van der Waals surface area (Å²) >= 11 is 0. The fraction of sp³-hybridized carbons (Fsp3) is 0.817. The Balaban J connectivity index is 4.30. The predicted molar refractivity (Wildman–Crippen MR) is 335 cm³/mol. The zero-order chi connectivity index (χ0) is 55.7. The maximum absolute atomic E-state index is 12.9. The van der Waals surface area contributed by atoms with E-state index >= 15 is 0 Å². The molecule has 1 atom stereocenters. The van der Waals surface area contributed by atoms with Crippen LogP contribution in [0, 0.1) is 0 Å². The average molecular weight is 1080 g/mol. The van der Waals surface area contributed by atoms with Crippen LogP contribution in [-0.2, 0) is 28.6 Å². The molecule has 0 bridgehead atoms. The van der Waals surface area contributed by atoms with Gasteiger partial charge >= 0.3 is 17.9 Å². The topological polar surface area (TPSA) is 78.9 Å². The molecule has 0 heterocycles. The van der Waals surface area contributed by atoms with E-state index < -0.39 is 6.10 Å². The van der Waals surface area contributed by atoms with Crippen LogP contribution in [0.1, 0.15) is 355 Å². The molecule has 0 amide bonds. The van der Waals surface area contributed by atoms with Gasteiger partial charge in [-0.15, -0.1) is 0 Å². The molecule has 0 spiro atoms. The van der Waals surface area contributed by atoms with Crippen LogP contribution in [0.25, 0.3) is 0 Å². The molecule has 0 rings (SSSR count). The van der Waals surface area contributed by atoms with Crippen molar-refractivity contribution in [2.45, 2.75) is 361 Å². The molecule has 0 aliphatic heterocycles. The Kier molecular flexibility index (Phi) is 63.2. The Hall–Kier alpha value is -2.89. The van der Waals surface area contributed by atoms with E-state index in [0.29, 0.717) is 19.3 Å². The summed E-state index contributed by atoms with van der Waals surface area (Å²) in [5.74, 6) is -0.872. The number of ether oxygens (including phenoxy) is 3. The molecule has 0 aliphatic carbocycles. The van der Waals surface area contributed by atoms with Crippen molar-refractivity contribution in [1.29, 1.82) is 0 Å². The van der Waals surface area contributed by atoms with Gasteiger partial charge in [0.25, 0.3) is 0 Å². The number of esters is 3. The molecular weight excluding hydrogens is 949 g/mol. The minimum atomic E-state index is -0.782. The van der Waals surface area contributed by atoms with Gasteiger partial charge in [-0.25, -0.2) is 0 Å². The lowest BCUT2D eigenvalue weighted by atomic mass is 10.0. The van der Waals surface area contributed by atoms with Crippen LogP contribution in [0.15, 0.2) is 60.8 Å². The maximum atomic E-state index is 12.9. The molecule has 1 unspecified atom stereocenters. The van der Waals surface area contributed by atoms with Crippen molar-refractivity contribution in [3.63, 3.8) is 0 Å². The number of hydrogen-bond acceptors (Lipinski definition) is 6. The Morgan fingerprint density at radius 3 is 0.805 bits per heavy atom. The minimum absolute atomic E-state index is 0.0773. The van der Waals surface area contributed by atoms with E-state index in [0.717, 1.165) is 83.5 Å². The fourth-order valence-corrected chi connectivity index (χ4v) is 9.92. The number of unbranched alkanes of at least 4 members (excludes halogenated alkanes) is 41.